The summed E-state index contributed by atoms with van der Waals surface area (Å²) < 4.78 is 0. The zero-order chi connectivity index (χ0) is 14.7. The molecular formula is C16H24N2O2. The third-order valence-corrected chi connectivity index (χ3v) is 4.02. The maximum absolute atomic E-state index is 11.0. The second kappa shape index (κ2) is 6.27. The zero-order valence-electron chi connectivity index (χ0n) is 12.6. The summed E-state index contributed by atoms with van der Waals surface area (Å²) in [7, 11) is 4.25. The van der Waals surface area contributed by atoms with Crippen molar-refractivity contribution in [2.24, 2.45) is 5.92 Å². The summed E-state index contributed by atoms with van der Waals surface area (Å²) in [4.78, 5) is 15.6. The molecule has 4 nitrogen and oxygen atoms in total. The van der Waals surface area contributed by atoms with E-state index < -0.39 is 5.97 Å². The lowest BCUT2D eigenvalue weighted by Crippen LogP contribution is -2.37. The fraction of sp³-hybridized carbons (Fsp3) is 0.562. The van der Waals surface area contributed by atoms with Gasteiger partial charge in [-0.15, -0.1) is 0 Å². The number of nitrogens with zero attached hydrogens (tertiary/aromatic N) is 2. The number of hydrogen-bond donors (Lipinski definition) is 1. The number of hydrogen-bond acceptors (Lipinski definition) is 3. The largest absolute Gasteiger partial charge is 0.478 e. The van der Waals surface area contributed by atoms with Crippen molar-refractivity contribution in [2.45, 2.75) is 19.8 Å². The molecule has 1 heterocycles. The predicted molar refractivity (Wildman–Crippen MR) is 81.6 cm³/mol. The van der Waals surface area contributed by atoms with Gasteiger partial charge < -0.3 is 14.9 Å². The molecule has 1 fully saturated rings. The van der Waals surface area contributed by atoms with Crippen LogP contribution in [0.3, 0.4) is 0 Å². The van der Waals surface area contributed by atoms with Crippen LogP contribution in [0.5, 0.6) is 0 Å². The van der Waals surface area contributed by atoms with E-state index in [1.165, 1.54) is 18.5 Å². The number of aryl methyl sites for hydroxylation is 1. The van der Waals surface area contributed by atoms with Gasteiger partial charge in [0.15, 0.2) is 0 Å². The van der Waals surface area contributed by atoms with Crippen LogP contribution in [0.1, 0.15) is 28.8 Å². The first kappa shape index (κ1) is 14.9. The van der Waals surface area contributed by atoms with E-state index >= 15 is 0 Å². The Morgan fingerprint density at radius 1 is 1.35 bits per heavy atom. The number of carboxylic acid groups (broad SMARTS) is 1. The Morgan fingerprint density at radius 3 is 2.50 bits per heavy atom. The average Bonchev–Trinajstić information content (AvgIpc) is 2.39. The van der Waals surface area contributed by atoms with Crippen LogP contribution in [0.4, 0.5) is 5.69 Å². The van der Waals surface area contributed by atoms with E-state index in [0.717, 1.165) is 31.1 Å². The van der Waals surface area contributed by atoms with Gasteiger partial charge in [0, 0.05) is 25.3 Å². The summed E-state index contributed by atoms with van der Waals surface area (Å²) >= 11 is 0. The van der Waals surface area contributed by atoms with Gasteiger partial charge >= 0.3 is 5.97 Å². The van der Waals surface area contributed by atoms with Crippen LogP contribution < -0.4 is 4.90 Å². The van der Waals surface area contributed by atoms with Crippen molar-refractivity contribution in [3.05, 3.63) is 29.3 Å². The van der Waals surface area contributed by atoms with Gasteiger partial charge in [0.05, 0.1) is 5.56 Å². The first-order valence-electron chi connectivity index (χ1n) is 7.21. The molecule has 0 atom stereocenters. The van der Waals surface area contributed by atoms with Crippen LogP contribution in [0, 0.1) is 12.8 Å². The van der Waals surface area contributed by atoms with Gasteiger partial charge in [-0.1, -0.05) is 0 Å². The highest BCUT2D eigenvalue weighted by molar-refractivity contribution is 5.88. The molecule has 0 spiro atoms. The van der Waals surface area contributed by atoms with Crippen LogP contribution in [-0.4, -0.2) is 49.7 Å². The second-order valence-electron chi connectivity index (χ2n) is 6.00. The molecule has 1 aliphatic rings. The molecule has 0 saturated carbocycles. The third kappa shape index (κ3) is 3.51. The van der Waals surface area contributed by atoms with E-state index in [4.69, 9.17) is 5.11 Å². The van der Waals surface area contributed by atoms with Crippen LogP contribution >= 0.6 is 0 Å². The van der Waals surface area contributed by atoms with Gasteiger partial charge in [-0.05, 0) is 63.5 Å². The molecule has 0 bridgehead atoms. The van der Waals surface area contributed by atoms with E-state index in [9.17, 15) is 4.79 Å². The number of rotatable bonds is 4. The monoisotopic (exact) mass is 276 g/mol. The summed E-state index contributed by atoms with van der Waals surface area (Å²) in [6, 6.07) is 5.42. The summed E-state index contributed by atoms with van der Waals surface area (Å²) in [5.74, 6) is -0.0795. The topological polar surface area (TPSA) is 43.8 Å². The molecule has 0 aliphatic carbocycles. The Balaban J connectivity index is 2.02. The van der Waals surface area contributed by atoms with Crippen molar-refractivity contribution in [3.8, 4) is 0 Å². The Labute approximate surface area is 121 Å². The number of carboxylic acids is 1. The quantitative estimate of drug-likeness (QED) is 0.917. The van der Waals surface area contributed by atoms with Crippen molar-refractivity contribution >= 4 is 11.7 Å². The fourth-order valence-electron chi connectivity index (χ4n) is 3.02. The van der Waals surface area contributed by atoms with Crippen molar-refractivity contribution < 1.29 is 9.90 Å². The van der Waals surface area contributed by atoms with Crippen molar-refractivity contribution in [2.75, 3.05) is 38.6 Å². The van der Waals surface area contributed by atoms with Crippen LogP contribution in [0.25, 0.3) is 0 Å². The smallest absolute Gasteiger partial charge is 0.335 e. The Bertz CT molecular complexity index is 477. The molecule has 110 valence electrons. The lowest BCUT2D eigenvalue weighted by atomic mass is 9.95. The molecule has 0 radical (unpaired) electrons. The molecule has 1 aromatic carbocycles. The van der Waals surface area contributed by atoms with E-state index in [2.05, 4.69) is 23.9 Å². The van der Waals surface area contributed by atoms with Gasteiger partial charge in [-0.2, -0.15) is 0 Å². The molecule has 0 aromatic heterocycles. The number of aromatic carboxylic acids is 1. The Kier molecular flexibility index (Phi) is 4.65. The predicted octanol–water partition coefficient (Wildman–Crippen LogP) is 2.47. The van der Waals surface area contributed by atoms with Crippen molar-refractivity contribution in [3.63, 3.8) is 0 Å². The molecule has 2 rings (SSSR count). The molecule has 0 amide bonds. The van der Waals surface area contributed by atoms with Crippen LogP contribution in [0.15, 0.2) is 18.2 Å². The second-order valence-corrected chi connectivity index (χ2v) is 6.00. The SMILES string of the molecule is Cc1cc(C(=O)O)ccc1N1CCC(CN(C)C)CC1. The molecule has 1 aromatic rings. The van der Waals surface area contributed by atoms with Crippen molar-refractivity contribution in [1.29, 1.82) is 0 Å². The summed E-state index contributed by atoms with van der Waals surface area (Å²) in [5.41, 5.74) is 2.60. The minimum absolute atomic E-state index is 0.369. The van der Waals surface area contributed by atoms with E-state index in [-0.39, 0.29) is 0 Å². The fourth-order valence-corrected chi connectivity index (χ4v) is 3.02. The lowest BCUT2D eigenvalue weighted by Gasteiger charge is -2.35. The number of piperidine rings is 1. The lowest BCUT2D eigenvalue weighted by molar-refractivity contribution is 0.0697. The van der Waals surface area contributed by atoms with Crippen molar-refractivity contribution in [1.82, 2.24) is 4.90 Å². The Morgan fingerprint density at radius 2 is 2.00 bits per heavy atom. The highest BCUT2D eigenvalue weighted by atomic mass is 16.4. The minimum atomic E-state index is -0.857. The summed E-state index contributed by atoms with van der Waals surface area (Å²) in [6.45, 7) is 5.27. The van der Waals surface area contributed by atoms with Gasteiger partial charge in [0.1, 0.15) is 0 Å². The van der Waals surface area contributed by atoms with Gasteiger partial charge in [0.2, 0.25) is 0 Å². The molecule has 4 heteroatoms. The highest BCUT2D eigenvalue weighted by Gasteiger charge is 2.21. The minimum Gasteiger partial charge on any atom is -0.478 e. The van der Waals surface area contributed by atoms with E-state index in [0.29, 0.717) is 5.56 Å². The molecule has 1 aliphatic heterocycles. The molecule has 1 saturated heterocycles. The average molecular weight is 276 g/mol. The van der Waals surface area contributed by atoms with Crippen LogP contribution in [0.2, 0.25) is 0 Å². The van der Waals surface area contributed by atoms with Gasteiger partial charge in [0.25, 0.3) is 0 Å². The third-order valence-electron chi connectivity index (χ3n) is 4.02. The molecule has 20 heavy (non-hydrogen) atoms. The highest BCUT2D eigenvalue weighted by Crippen LogP contribution is 2.27. The molecule has 0 unspecified atom stereocenters. The standard InChI is InChI=1S/C16H24N2O2/c1-12-10-14(16(19)20)4-5-15(12)18-8-6-13(7-9-18)11-17(2)3/h4-5,10,13H,6-9,11H2,1-3H3,(H,19,20). The summed E-state index contributed by atoms with van der Waals surface area (Å²) in [6.07, 6.45) is 2.41. The van der Waals surface area contributed by atoms with Gasteiger partial charge in [-0.3, -0.25) is 0 Å². The first-order valence-corrected chi connectivity index (χ1v) is 7.21. The number of anilines is 1. The zero-order valence-corrected chi connectivity index (χ0v) is 12.6. The maximum atomic E-state index is 11.0. The molecular weight excluding hydrogens is 252 g/mol. The number of benzene rings is 1. The van der Waals surface area contributed by atoms with E-state index in [1.54, 1.807) is 12.1 Å². The normalized spacial score (nSPS) is 16.7. The van der Waals surface area contributed by atoms with Crippen LogP contribution in [-0.2, 0) is 0 Å². The van der Waals surface area contributed by atoms with E-state index in [1.807, 2.05) is 13.0 Å². The molecule has 1 N–H and O–H groups in total. The maximum Gasteiger partial charge on any atom is 0.335 e. The van der Waals surface area contributed by atoms with Gasteiger partial charge in [-0.25, -0.2) is 4.79 Å². The summed E-state index contributed by atoms with van der Waals surface area (Å²) in [5, 5.41) is 9.01. The number of carbonyl (C=O) groups is 1. The Hall–Kier alpha value is -1.55. The first-order chi connectivity index (χ1) is 9.47.